The maximum absolute atomic E-state index is 11.6. The molecule has 1 heterocycles. The molecule has 20 heavy (non-hydrogen) atoms. The molecule has 1 aromatic heterocycles. The molecule has 0 spiro atoms. The molecular weight excluding hydrogens is 375 g/mol. The average molecular weight is 386 g/mol. The highest BCUT2D eigenvalue weighted by Gasteiger charge is 2.08. The minimum atomic E-state index is -0.438. The van der Waals surface area contributed by atoms with Gasteiger partial charge in [0.1, 0.15) is 0 Å². The van der Waals surface area contributed by atoms with E-state index >= 15 is 0 Å². The molecule has 1 amide bonds. The lowest BCUT2D eigenvalue weighted by Gasteiger charge is -2.06. The number of ether oxygens (including phenoxy) is 1. The van der Waals surface area contributed by atoms with Crippen LogP contribution in [0.1, 0.15) is 16.1 Å². The van der Waals surface area contributed by atoms with E-state index in [0.717, 1.165) is 0 Å². The zero-order valence-corrected chi connectivity index (χ0v) is 12.6. The summed E-state index contributed by atoms with van der Waals surface area (Å²) in [5, 5.41) is 13.5. The normalized spacial score (nSPS) is 10.7. The Kier molecular flexibility index (Phi) is 4.61. The third kappa shape index (κ3) is 3.29. The zero-order valence-electron chi connectivity index (χ0n) is 10.5. The number of aromatic hydroxyl groups is 1. The van der Waals surface area contributed by atoms with Crippen molar-refractivity contribution in [3.8, 4) is 11.5 Å². The number of hydrazone groups is 1. The van der Waals surface area contributed by atoms with Gasteiger partial charge in [-0.1, -0.05) is 0 Å². The lowest BCUT2D eigenvalue weighted by Crippen LogP contribution is -2.16. The Hall–Kier alpha value is -2.03. The number of rotatable bonds is 4. The largest absolute Gasteiger partial charge is 0.504 e. The Balaban J connectivity index is 2.08. The van der Waals surface area contributed by atoms with Crippen LogP contribution < -0.4 is 10.2 Å². The molecule has 2 N–H and O–H groups in total. The minimum Gasteiger partial charge on any atom is -0.504 e. The number of halogens is 1. The molecule has 0 fully saturated rings. The van der Waals surface area contributed by atoms with Gasteiger partial charge in [-0.25, -0.2) is 5.43 Å². The van der Waals surface area contributed by atoms with Gasteiger partial charge in [0.05, 0.1) is 23.2 Å². The summed E-state index contributed by atoms with van der Waals surface area (Å²) in [6.07, 6.45) is 2.86. The van der Waals surface area contributed by atoms with Gasteiger partial charge in [-0.05, 0) is 52.4 Å². The van der Waals surface area contributed by atoms with Gasteiger partial charge >= 0.3 is 5.91 Å². The first-order chi connectivity index (χ1) is 9.61. The number of phenols is 1. The van der Waals surface area contributed by atoms with Crippen molar-refractivity contribution in [2.75, 3.05) is 7.11 Å². The van der Waals surface area contributed by atoms with Crippen LogP contribution in [0.15, 0.2) is 40.0 Å². The van der Waals surface area contributed by atoms with Crippen LogP contribution in [-0.2, 0) is 0 Å². The second-order valence-electron chi connectivity index (χ2n) is 3.73. The monoisotopic (exact) mass is 386 g/mol. The Bertz CT molecular complexity index is 638. The van der Waals surface area contributed by atoms with Crippen molar-refractivity contribution < 1.29 is 19.1 Å². The number of nitrogens with zero attached hydrogens (tertiary/aromatic N) is 1. The number of hydrogen-bond donors (Lipinski definition) is 2. The van der Waals surface area contributed by atoms with E-state index in [9.17, 15) is 9.90 Å². The van der Waals surface area contributed by atoms with Crippen LogP contribution in [0.2, 0.25) is 0 Å². The Morgan fingerprint density at radius 3 is 3.00 bits per heavy atom. The number of furan rings is 1. The summed E-state index contributed by atoms with van der Waals surface area (Å²) in [6, 6.07) is 6.48. The van der Waals surface area contributed by atoms with Gasteiger partial charge in [-0.3, -0.25) is 4.79 Å². The van der Waals surface area contributed by atoms with Gasteiger partial charge in [-0.15, -0.1) is 0 Å². The van der Waals surface area contributed by atoms with Gasteiger partial charge in [0, 0.05) is 0 Å². The van der Waals surface area contributed by atoms with E-state index in [1.54, 1.807) is 18.2 Å². The van der Waals surface area contributed by atoms with Crippen LogP contribution in [0.25, 0.3) is 0 Å². The summed E-state index contributed by atoms with van der Waals surface area (Å²) < 4.78 is 10.6. The van der Waals surface area contributed by atoms with E-state index in [1.165, 1.54) is 25.7 Å². The molecule has 7 heteroatoms. The van der Waals surface area contributed by atoms with Gasteiger partial charge < -0.3 is 14.3 Å². The fourth-order valence-corrected chi connectivity index (χ4v) is 2.08. The number of nitrogens with one attached hydrogen (secondary N) is 1. The molecule has 0 radical (unpaired) electrons. The van der Waals surface area contributed by atoms with Gasteiger partial charge in [0.25, 0.3) is 0 Å². The third-order valence-corrected chi connectivity index (χ3v) is 3.22. The van der Waals surface area contributed by atoms with Crippen molar-refractivity contribution >= 4 is 34.7 Å². The van der Waals surface area contributed by atoms with E-state index in [-0.39, 0.29) is 11.5 Å². The van der Waals surface area contributed by atoms with Crippen molar-refractivity contribution in [2.24, 2.45) is 5.10 Å². The van der Waals surface area contributed by atoms with E-state index < -0.39 is 5.91 Å². The van der Waals surface area contributed by atoms with Crippen molar-refractivity contribution in [3.63, 3.8) is 0 Å². The van der Waals surface area contributed by atoms with Crippen molar-refractivity contribution in [1.29, 1.82) is 0 Å². The van der Waals surface area contributed by atoms with Crippen LogP contribution >= 0.6 is 22.6 Å². The molecule has 0 saturated carbocycles. The first-order valence-corrected chi connectivity index (χ1v) is 6.63. The summed E-state index contributed by atoms with van der Waals surface area (Å²) in [4.78, 5) is 11.6. The topological polar surface area (TPSA) is 84.1 Å². The third-order valence-electron chi connectivity index (χ3n) is 2.40. The predicted molar refractivity (Wildman–Crippen MR) is 81.1 cm³/mol. The number of phenolic OH excluding ortho intramolecular Hbond substituents is 1. The smallest absolute Gasteiger partial charge is 0.307 e. The van der Waals surface area contributed by atoms with Crippen LogP contribution in [0.5, 0.6) is 11.5 Å². The molecule has 2 aromatic rings. The maximum atomic E-state index is 11.6. The SMILES string of the molecule is COc1cc(/C=N\NC(=O)c2ccco2)cc(I)c1O. The number of amides is 1. The van der Waals surface area contributed by atoms with Crippen LogP contribution in [0.3, 0.4) is 0 Å². The number of methoxy groups -OCH3 is 1. The van der Waals surface area contributed by atoms with Gasteiger partial charge in [0.15, 0.2) is 17.3 Å². The summed E-state index contributed by atoms with van der Waals surface area (Å²) in [5.74, 6) is 0.160. The number of carbonyl (C=O) groups excluding carboxylic acids is 1. The molecule has 6 nitrogen and oxygen atoms in total. The highest BCUT2D eigenvalue weighted by molar-refractivity contribution is 14.1. The highest BCUT2D eigenvalue weighted by Crippen LogP contribution is 2.31. The van der Waals surface area contributed by atoms with E-state index in [2.05, 4.69) is 10.5 Å². The van der Waals surface area contributed by atoms with Crippen LogP contribution in [0.4, 0.5) is 0 Å². The molecule has 2 rings (SSSR count). The molecule has 0 aliphatic rings. The fourth-order valence-electron chi connectivity index (χ4n) is 1.45. The molecule has 104 valence electrons. The van der Waals surface area contributed by atoms with E-state index in [4.69, 9.17) is 9.15 Å². The number of hydrogen-bond acceptors (Lipinski definition) is 5. The summed E-state index contributed by atoms with van der Waals surface area (Å²) >= 11 is 1.98. The van der Waals surface area contributed by atoms with Gasteiger partial charge in [-0.2, -0.15) is 5.10 Å². The molecule has 0 unspecified atom stereocenters. The molecule has 0 aliphatic carbocycles. The molecular formula is C13H11IN2O4. The average Bonchev–Trinajstić information content (AvgIpc) is 2.96. The maximum Gasteiger partial charge on any atom is 0.307 e. The Labute approximate surface area is 128 Å². The van der Waals surface area contributed by atoms with Crippen LogP contribution in [-0.4, -0.2) is 24.3 Å². The van der Waals surface area contributed by atoms with Crippen LogP contribution in [0, 0.1) is 3.57 Å². The standard InChI is InChI=1S/C13H11IN2O4/c1-19-11-6-8(5-9(14)12(11)17)7-15-16-13(18)10-3-2-4-20-10/h2-7,17H,1H3,(H,16,18)/b15-7-. The molecule has 0 saturated heterocycles. The lowest BCUT2D eigenvalue weighted by molar-refractivity contribution is 0.0927. The number of benzene rings is 1. The Morgan fingerprint density at radius 1 is 1.55 bits per heavy atom. The predicted octanol–water partition coefficient (Wildman–Crippen LogP) is 2.36. The van der Waals surface area contributed by atoms with E-state index in [0.29, 0.717) is 14.9 Å². The van der Waals surface area contributed by atoms with Gasteiger partial charge in [0.2, 0.25) is 0 Å². The fraction of sp³-hybridized carbons (Fsp3) is 0.0769. The quantitative estimate of drug-likeness (QED) is 0.480. The summed E-state index contributed by atoms with van der Waals surface area (Å²) in [5.41, 5.74) is 3.02. The van der Waals surface area contributed by atoms with E-state index in [1.807, 2.05) is 22.6 Å². The summed E-state index contributed by atoms with van der Waals surface area (Å²) in [6.45, 7) is 0. The molecule has 1 aromatic carbocycles. The summed E-state index contributed by atoms with van der Waals surface area (Å²) in [7, 11) is 1.46. The van der Waals surface area contributed by atoms with Crippen molar-refractivity contribution in [1.82, 2.24) is 5.43 Å². The number of carbonyl (C=O) groups is 1. The first kappa shape index (κ1) is 14.4. The highest BCUT2D eigenvalue weighted by atomic mass is 127. The molecule has 0 atom stereocenters. The van der Waals surface area contributed by atoms with Crippen molar-refractivity contribution in [2.45, 2.75) is 0 Å². The zero-order chi connectivity index (χ0) is 14.5. The molecule has 0 bridgehead atoms. The minimum absolute atomic E-state index is 0.0740. The second-order valence-corrected chi connectivity index (χ2v) is 4.89. The molecule has 0 aliphatic heterocycles. The van der Waals surface area contributed by atoms with Crippen molar-refractivity contribution in [3.05, 3.63) is 45.4 Å². The Morgan fingerprint density at radius 2 is 2.35 bits per heavy atom. The second kappa shape index (κ2) is 6.42. The lowest BCUT2D eigenvalue weighted by atomic mass is 10.2. The first-order valence-electron chi connectivity index (χ1n) is 5.55.